The average Bonchev–Trinajstić information content (AvgIpc) is 3.16. The van der Waals surface area contributed by atoms with Crippen molar-refractivity contribution in [2.45, 2.75) is 33.3 Å². The topological polar surface area (TPSA) is 128 Å². The van der Waals surface area contributed by atoms with Crippen LogP contribution in [0.4, 0.5) is 0 Å². The highest BCUT2D eigenvalue weighted by Crippen LogP contribution is 2.39. The quantitative estimate of drug-likeness (QED) is 0.500. The van der Waals surface area contributed by atoms with Gasteiger partial charge in [0, 0.05) is 16.3 Å². The van der Waals surface area contributed by atoms with E-state index in [0.29, 0.717) is 38.9 Å². The second-order valence-electron chi connectivity index (χ2n) is 8.30. The van der Waals surface area contributed by atoms with Gasteiger partial charge in [0.25, 0.3) is 5.91 Å². The van der Waals surface area contributed by atoms with Crippen LogP contribution in [0, 0.1) is 13.8 Å². The molecule has 0 atom stereocenters. The summed E-state index contributed by atoms with van der Waals surface area (Å²) in [6.45, 7) is 6.78. The van der Waals surface area contributed by atoms with E-state index in [0.717, 1.165) is 15.8 Å². The van der Waals surface area contributed by atoms with Gasteiger partial charge in [0.1, 0.15) is 5.76 Å². The van der Waals surface area contributed by atoms with Gasteiger partial charge in [-0.1, -0.05) is 17.3 Å². The Balaban J connectivity index is 2.25. The van der Waals surface area contributed by atoms with E-state index in [1.165, 1.54) is 0 Å². The fourth-order valence-electron chi connectivity index (χ4n) is 4.06. The van der Waals surface area contributed by atoms with Crippen LogP contribution < -0.4 is 5.73 Å². The summed E-state index contributed by atoms with van der Waals surface area (Å²) in [7, 11) is -3.82. The van der Waals surface area contributed by atoms with Crippen molar-refractivity contribution in [3.8, 4) is 11.1 Å². The summed E-state index contributed by atoms with van der Waals surface area (Å²) in [4.78, 5) is 12.4. The molecule has 0 saturated carbocycles. The molecule has 162 valence electrons. The Kier molecular flexibility index (Phi) is 4.53. The average molecular weight is 442 g/mol. The van der Waals surface area contributed by atoms with Crippen LogP contribution in [0.3, 0.4) is 0 Å². The summed E-state index contributed by atoms with van der Waals surface area (Å²) in [5.74, 6) is -0.183. The highest BCUT2D eigenvalue weighted by atomic mass is 32.2. The fourth-order valence-corrected chi connectivity index (χ4v) is 5.10. The first-order valence-corrected chi connectivity index (χ1v) is 11.4. The predicted molar refractivity (Wildman–Crippen MR) is 118 cm³/mol. The highest BCUT2D eigenvalue weighted by Gasteiger charge is 2.26. The molecular formula is C22H23N3O5S. The molecule has 9 heteroatoms. The third-order valence-corrected chi connectivity index (χ3v) is 6.49. The molecule has 0 aliphatic heterocycles. The molecule has 1 amide bonds. The molecule has 0 fully saturated rings. The van der Waals surface area contributed by atoms with Gasteiger partial charge in [-0.25, -0.2) is 12.4 Å². The highest BCUT2D eigenvalue weighted by molar-refractivity contribution is 7.89. The van der Waals surface area contributed by atoms with Gasteiger partial charge >= 0.3 is 0 Å². The molecule has 0 radical (unpaired) electrons. The lowest BCUT2D eigenvalue weighted by atomic mass is 9.95. The van der Waals surface area contributed by atoms with E-state index < -0.39 is 21.5 Å². The molecule has 4 rings (SSSR count). The number of nitrogens with two attached hydrogens (primary N) is 1. The largest absolute Gasteiger partial charge is 0.386 e. The van der Waals surface area contributed by atoms with Gasteiger partial charge in [-0.05, 0) is 57.0 Å². The van der Waals surface area contributed by atoms with Crippen molar-refractivity contribution in [3.05, 3.63) is 52.9 Å². The number of aromatic nitrogens is 2. The molecule has 0 unspecified atom stereocenters. The Morgan fingerprint density at radius 3 is 2.35 bits per heavy atom. The fraction of sp³-hybridized carbons (Fsp3) is 0.273. The lowest BCUT2D eigenvalue weighted by molar-refractivity contribution is 0.0787. The minimum absolute atomic E-state index is 0.0685. The molecule has 0 aliphatic rings. The number of rotatable bonds is 4. The molecule has 0 aliphatic carbocycles. The van der Waals surface area contributed by atoms with E-state index in [2.05, 4.69) is 5.16 Å². The zero-order chi connectivity index (χ0) is 22.9. The standard InChI is InChI=1S/C22H23N3O5S/c1-11-19(12(2)30-24-11)13-8-16-15-7-6-14(22(3,4)27)10-18(15)25(31(5,28)29)20(16)17(9-13)21(23)26/h6-10,27H,1-5H3,(H2,23,26). The second-order valence-corrected chi connectivity index (χ2v) is 10.1. The van der Waals surface area contributed by atoms with Crippen LogP contribution in [-0.4, -0.2) is 34.8 Å². The van der Waals surface area contributed by atoms with Crippen molar-refractivity contribution < 1.29 is 22.8 Å². The van der Waals surface area contributed by atoms with Crippen LogP contribution >= 0.6 is 0 Å². The van der Waals surface area contributed by atoms with Gasteiger partial charge in [0.2, 0.25) is 10.0 Å². The van der Waals surface area contributed by atoms with E-state index in [9.17, 15) is 18.3 Å². The molecule has 3 N–H and O–H groups in total. The maximum absolute atomic E-state index is 12.8. The maximum atomic E-state index is 12.8. The van der Waals surface area contributed by atoms with Gasteiger partial charge in [0.05, 0.1) is 34.1 Å². The predicted octanol–water partition coefficient (Wildman–Crippen LogP) is 3.20. The van der Waals surface area contributed by atoms with Gasteiger partial charge in [0.15, 0.2) is 0 Å². The van der Waals surface area contributed by atoms with Crippen LogP contribution in [0.2, 0.25) is 0 Å². The van der Waals surface area contributed by atoms with E-state index in [-0.39, 0.29) is 11.1 Å². The van der Waals surface area contributed by atoms with E-state index in [1.54, 1.807) is 52.0 Å². The maximum Gasteiger partial charge on any atom is 0.250 e. The summed E-state index contributed by atoms with van der Waals surface area (Å²) in [5, 5.41) is 15.6. The first kappa shape index (κ1) is 21.1. The van der Waals surface area contributed by atoms with E-state index in [4.69, 9.17) is 10.3 Å². The van der Waals surface area contributed by atoms with Gasteiger partial charge in [-0.2, -0.15) is 0 Å². The molecule has 0 bridgehead atoms. The minimum Gasteiger partial charge on any atom is -0.386 e. The molecule has 2 aromatic heterocycles. The van der Waals surface area contributed by atoms with Crippen molar-refractivity contribution in [1.82, 2.24) is 9.13 Å². The first-order chi connectivity index (χ1) is 14.3. The van der Waals surface area contributed by atoms with Crippen LogP contribution in [-0.2, 0) is 15.6 Å². The summed E-state index contributed by atoms with van der Waals surface area (Å²) in [5.41, 5.74) is 7.69. The zero-order valence-electron chi connectivity index (χ0n) is 17.8. The molecule has 0 spiro atoms. The van der Waals surface area contributed by atoms with Gasteiger partial charge in [-0.15, -0.1) is 0 Å². The van der Waals surface area contributed by atoms with Crippen molar-refractivity contribution >= 4 is 37.7 Å². The number of fused-ring (bicyclic) bond motifs is 3. The van der Waals surface area contributed by atoms with Gasteiger partial charge in [-0.3, -0.25) is 4.79 Å². The zero-order valence-corrected chi connectivity index (χ0v) is 18.7. The molecular weight excluding hydrogens is 418 g/mol. The Labute approximate surface area is 179 Å². The molecule has 0 saturated heterocycles. The monoisotopic (exact) mass is 441 g/mol. The van der Waals surface area contributed by atoms with Crippen LogP contribution in [0.1, 0.15) is 41.2 Å². The second kappa shape index (κ2) is 6.66. The number of nitrogens with zero attached hydrogens (tertiary/aromatic N) is 2. The first-order valence-electron chi connectivity index (χ1n) is 9.59. The minimum atomic E-state index is -3.82. The third kappa shape index (κ3) is 3.30. The number of carbonyl (C=O) groups is 1. The normalized spacial score (nSPS) is 12.7. The number of aliphatic hydroxyl groups is 1. The molecule has 2 heterocycles. The molecule has 31 heavy (non-hydrogen) atoms. The summed E-state index contributed by atoms with van der Waals surface area (Å²) in [6, 6.07) is 8.48. The Morgan fingerprint density at radius 2 is 1.84 bits per heavy atom. The number of aryl methyl sites for hydroxylation is 2. The van der Waals surface area contributed by atoms with Crippen molar-refractivity contribution in [2.24, 2.45) is 5.73 Å². The van der Waals surface area contributed by atoms with Crippen LogP contribution in [0.25, 0.3) is 32.9 Å². The van der Waals surface area contributed by atoms with E-state index in [1.807, 2.05) is 6.07 Å². The number of hydrogen-bond acceptors (Lipinski definition) is 6. The lowest BCUT2D eigenvalue weighted by Crippen LogP contribution is -2.17. The summed E-state index contributed by atoms with van der Waals surface area (Å²) < 4.78 is 32.0. The Hall–Kier alpha value is -3.17. The van der Waals surface area contributed by atoms with E-state index >= 15 is 0 Å². The van der Waals surface area contributed by atoms with Crippen molar-refractivity contribution in [2.75, 3.05) is 6.26 Å². The molecule has 8 nitrogen and oxygen atoms in total. The third-order valence-electron chi connectivity index (χ3n) is 5.45. The number of primary amides is 1. The van der Waals surface area contributed by atoms with Crippen LogP contribution in [0.5, 0.6) is 0 Å². The molecule has 4 aromatic rings. The summed E-state index contributed by atoms with van der Waals surface area (Å²) >= 11 is 0. The smallest absolute Gasteiger partial charge is 0.250 e. The Morgan fingerprint density at radius 1 is 1.16 bits per heavy atom. The van der Waals surface area contributed by atoms with Crippen molar-refractivity contribution in [3.63, 3.8) is 0 Å². The van der Waals surface area contributed by atoms with Crippen LogP contribution in [0.15, 0.2) is 34.9 Å². The number of amides is 1. The lowest BCUT2D eigenvalue weighted by Gasteiger charge is -2.18. The SMILES string of the molecule is Cc1noc(C)c1-c1cc(C(N)=O)c2c(c1)c1ccc(C(C)(C)O)cc1n2S(C)(=O)=O. The van der Waals surface area contributed by atoms with Gasteiger partial charge < -0.3 is 15.4 Å². The number of hydrogen-bond donors (Lipinski definition) is 2. The summed E-state index contributed by atoms with van der Waals surface area (Å²) in [6.07, 6.45) is 1.07. The Bertz CT molecular complexity index is 1470. The number of carbonyl (C=O) groups excluding carboxylic acids is 1. The van der Waals surface area contributed by atoms with Crippen molar-refractivity contribution in [1.29, 1.82) is 0 Å². The molecule has 2 aromatic carbocycles. The number of benzene rings is 2.